The van der Waals surface area contributed by atoms with E-state index >= 15 is 0 Å². The van der Waals surface area contributed by atoms with E-state index in [1.54, 1.807) is 48.5 Å². The standard InChI is InChI=1S/C27H29N3O5S/c1-5-15-35-25-14-12-22(17-26(25)34-4)18-28-29-27(31)19-30(24-13-11-20(2)16-21(24)3)36(32,33)23-9-7-6-8-10-23/h5-14,16-18H,1,15,19H2,2-4H3,(H,29,31)/b28-18+. The van der Waals surface area contributed by atoms with Crippen molar-refractivity contribution in [1.29, 1.82) is 0 Å². The maximum absolute atomic E-state index is 13.5. The molecule has 1 N–H and O–H groups in total. The summed E-state index contributed by atoms with van der Waals surface area (Å²) in [5.74, 6) is 0.458. The minimum atomic E-state index is -4.00. The van der Waals surface area contributed by atoms with Gasteiger partial charge in [0, 0.05) is 0 Å². The summed E-state index contributed by atoms with van der Waals surface area (Å²) in [7, 11) is -2.48. The molecule has 188 valence electrons. The number of methoxy groups -OCH3 is 1. The Balaban J connectivity index is 1.80. The number of hydrogen-bond donors (Lipinski definition) is 1. The minimum Gasteiger partial charge on any atom is -0.493 e. The lowest BCUT2D eigenvalue weighted by atomic mass is 10.1. The molecule has 3 aromatic rings. The Morgan fingerprint density at radius 3 is 2.47 bits per heavy atom. The van der Waals surface area contributed by atoms with Gasteiger partial charge in [0.25, 0.3) is 15.9 Å². The molecule has 0 atom stereocenters. The molecule has 1 amide bonds. The minimum absolute atomic E-state index is 0.0899. The number of amides is 1. The summed E-state index contributed by atoms with van der Waals surface area (Å²) in [6, 6.07) is 18.6. The van der Waals surface area contributed by atoms with Gasteiger partial charge in [0.15, 0.2) is 11.5 Å². The van der Waals surface area contributed by atoms with Crippen LogP contribution in [0.2, 0.25) is 0 Å². The van der Waals surface area contributed by atoms with E-state index in [4.69, 9.17) is 9.47 Å². The first kappa shape index (κ1) is 26.5. The van der Waals surface area contributed by atoms with E-state index in [9.17, 15) is 13.2 Å². The van der Waals surface area contributed by atoms with Crippen molar-refractivity contribution in [1.82, 2.24) is 5.43 Å². The lowest BCUT2D eigenvalue weighted by Gasteiger charge is -2.25. The summed E-state index contributed by atoms with van der Waals surface area (Å²) >= 11 is 0. The molecule has 0 spiro atoms. The zero-order valence-electron chi connectivity index (χ0n) is 20.5. The van der Waals surface area contributed by atoms with Crippen LogP contribution in [0.3, 0.4) is 0 Å². The third-order valence-electron chi connectivity index (χ3n) is 5.19. The molecule has 0 aliphatic heterocycles. The van der Waals surface area contributed by atoms with Crippen LogP contribution < -0.4 is 19.2 Å². The first-order valence-corrected chi connectivity index (χ1v) is 12.6. The summed E-state index contributed by atoms with van der Waals surface area (Å²) in [5, 5.41) is 3.99. The number of hydrogen-bond acceptors (Lipinski definition) is 6. The first-order chi connectivity index (χ1) is 17.3. The molecule has 3 rings (SSSR count). The van der Waals surface area contributed by atoms with Crippen LogP contribution in [0.4, 0.5) is 5.69 Å². The number of rotatable bonds is 11. The second kappa shape index (κ2) is 12.0. The number of sulfonamides is 1. The molecule has 0 aromatic heterocycles. The van der Waals surface area contributed by atoms with E-state index in [0.29, 0.717) is 29.4 Å². The quantitative estimate of drug-likeness (QED) is 0.238. The number of ether oxygens (including phenoxy) is 2. The van der Waals surface area contributed by atoms with Gasteiger partial charge in [0.05, 0.1) is 23.9 Å². The smallest absolute Gasteiger partial charge is 0.264 e. The van der Waals surface area contributed by atoms with Crippen molar-refractivity contribution in [2.45, 2.75) is 18.7 Å². The number of nitrogens with one attached hydrogen (secondary N) is 1. The van der Waals surface area contributed by atoms with E-state index < -0.39 is 22.5 Å². The molecule has 0 saturated heterocycles. The van der Waals surface area contributed by atoms with Crippen molar-refractivity contribution in [3.05, 3.63) is 96.1 Å². The van der Waals surface area contributed by atoms with Gasteiger partial charge in [-0.25, -0.2) is 13.8 Å². The van der Waals surface area contributed by atoms with Crippen molar-refractivity contribution < 1.29 is 22.7 Å². The van der Waals surface area contributed by atoms with Crippen LogP contribution in [0.25, 0.3) is 0 Å². The predicted molar refractivity (Wildman–Crippen MR) is 141 cm³/mol. The Bertz CT molecular complexity index is 1360. The van der Waals surface area contributed by atoms with Crippen LogP contribution in [0.15, 0.2) is 89.4 Å². The highest BCUT2D eigenvalue weighted by atomic mass is 32.2. The van der Waals surface area contributed by atoms with Crippen LogP contribution in [0.1, 0.15) is 16.7 Å². The predicted octanol–water partition coefficient (Wildman–Crippen LogP) is 4.22. The summed E-state index contributed by atoms with van der Waals surface area (Å²) in [6.45, 7) is 7.23. The van der Waals surface area contributed by atoms with Crippen molar-refractivity contribution in [3.8, 4) is 11.5 Å². The van der Waals surface area contributed by atoms with Crippen LogP contribution in [-0.2, 0) is 14.8 Å². The van der Waals surface area contributed by atoms with Gasteiger partial charge in [-0.1, -0.05) is 48.6 Å². The van der Waals surface area contributed by atoms with Crippen LogP contribution in [0.5, 0.6) is 11.5 Å². The van der Waals surface area contributed by atoms with Gasteiger partial charge in [-0.3, -0.25) is 9.10 Å². The third-order valence-corrected chi connectivity index (χ3v) is 6.96. The number of carbonyl (C=O) groups is 1. The van der Waals surface area contributed by atoms with Crippen molar-refractivity contribution in [2.75, 3.05) is 24.6 Å². The molecular weight excluding hydrogens is 478 g/mol. The van der Waals surface area contributed by atoms with Crippen LogP contribution in [0, 0.1) is 13.8 Å². The van der Waals surface area contributed by atoms with Crippen molar-refractivity contribution in [2.24, 2.45) is 5.10 Å². The average molecular weight is 508 g/mol. The third kappa shape index (κ3) is 6.51. The fourth-order valence-corrected chi connectivity index (χ4v) is 4.99. The second-order valence-corrected chi connectivity index (χ2v) is 9.78. The molecule has 0 saturated carbocycles. The fraction of sp³-hybridized carbons (Fsp3) is 0.185. The molecule has 36 heavy (non-hydrogen) atoms. The summed E-state index contributed by atoms with van der Waals surface area (Å²) < 4.78 is 38.9. The molecule has 0 bridgehead atoms. The van der Waals surface area contributed by atoms with Gasteiger partial charge in [-0.2, -0.15) is 5.10 Å². The first-order valence-electron chi connectivity index (χ1n) is 11.1. The number of aryl methyl sites for hydroxylation is 2. The lowest BCUT2D eigenvalue weighted by Crippen LogP contribution is -2.40. The van der Waals surface area contributed by atoms with Gasteiger partial charge in [-0.05, 0) is 61.4 Å². The number of benzene rings is 3. The molecule has 9 heteroatoms. The molecule has 0 heterocycles. The van der Waals surface area contributed by atoms with E-state index in [-0.39, 0.29) is 4.90 Å². The van der Waals surface area contributed by atoms with E-state index in [1.165, 1.54) is 25.5 Å². The zero-order valence-corrected chi connectivity index (χ0v) is 21.3. The molecular formula is C27H29N3O5S. The Morgan fingerprint density at radius 1 is 1.06 bits per heavy atom. The maximum atomic E-state index is 13.5. The lowest BCUT2D eigenvalue weighted by molar-refractivity contribution is -0.119. The Labute approximate surface area is 211 Å². The highest BCUT2D eigenvalue weighted by Crippen LogP contribution is 2.28. The topological polar surface area (TPSA) is 97.3 Å². The van der Waals surface area contributed by atoms with Crippen LogP contribution in [-0.4, -0.2) is 40.8 Å². The molecule has 8 nitrogen and oxygen atoms in total. The highest BCUT2D eigenvalue weighted by Gasteiger charge is 2.28. The largest absolute Gasteiger partial charge is 0.493 e. The molecule has 3 aromatic carbocycles. The molecule has 0 unspecified atom stereocenters. The molecule has 0 aliphatic carbocycles. The van der Waals surface area contributed by atoms with E-state index in [0.717, 1.165) is 15.4 Å². The van der Waals surface area contributed by atoms with E-state index in [1.807, 2.05) is 26.0 Å². The van der Waals surface area contributed by atoms with Gasteiger partial charge >= 0.3 is 0 Å². The molecule has 0 radical (unpaired) electrons. The highest BCUT2D eigenvalue weighted by molar-refractivity contribution is 7.92. The molecule has 0 aliphatic rings. The van der Waals surface area contributed by atoms with Gasteiger partial charge in [-0.15, -0.1) is 0 Å². The van der Waals surface area contributed by atoms with Gasteiger partial charge in [0.1, 0.15) is 13.2 Å². The van der Waals surface area contributed by atoms with E-state index in [2.05, 4.69) is 17.1 Å². The van der Waals surface area contributed by atoms with Crippen molar-refractivity contribution >= 4 is 27.8 Å². The maximum Gasteiger partial charge on any atom is 0.264 e. The summed E-state index contributed by atoms with van der Waals surface area (Å²) in [5.41, 5.74) is 5.20. The number of carbonyl (C=O) groups excluding carboxylic acids is 1. The van der Waals surface area contributed by atoms with Gasteiger partial charge in [0.2, 0.25) is 0 Å². The summed E-state index contributed by atoms with van der Waals surface area (Å²) in [4.78, 5) is 12.9. The Morgan fingerprint density at radius 2 is 1.81 bits per heavy atom. The SMILES string of the molecule is C=CCOc1ccc(/C=N/NC(=O)CN(c2ccc(C)cc2C)S(=O)(=O)c2ccccc2)cc1OC. The number of hydrazone groups is 1. The zero-order chi connectivity index (χ0) is 26.1. The normalized spacial score (nSPS) is 11.2. The Kier molecular flexibility index (Phi) is 8.86. The van der Waals surface area contributed by atoms with Crippen LogP contribution >= 0.6 is 0 Å². The number of nitrogens with zero attached hydrogens (tertiary/aromatic N) is 2. The fourth-order valence-electron chi connectivity index (χ4n) is 3.48. The second-order valence-electron chi connectivity index (χ2n) is 7.92. The number of anilines is 1. The van der Waals surface area contributed by atoms with Crippen molar-refractivity contribution in [3.63, 3.8) is 0 Å². The van der Waals surface area contributed by atoms with Gasteiger partial charge < -0.3 is 9.47 Å². The monoisotopic (exact) mass is 507 g/mol. The summed E-state index contributed by atoms with van der Waals surface area (Å²) in [6.07, 6.45) is 3.06. The molecule has 0 fully saturated rings. The average Bonchev–Trinajstić information content (AvgIpc) is 2.87. The Hall–Kier alpha value is -4.11.